The Kier molecular flexibility index (Phi) is 2.87. The minimum atomic E-state index is 0.612. The maximum absolute atomic E-state index is 5.55. The summed E-state index contributed by atoms with van der Waals surface area (Å²) in [4.78, 5) is 0. The molecule has 0 bridgehead atoms. The van der Waals surface area contributed by atoms with E-state index in [0.717, 1.165) is 0 Å². The van der Waals surface area contributed by atoms with Crippen molar-refractivity contribution in [3.8, 4) is 0 Å². The van der Waals surface area contributed by atoms with Gasteiger partial charge in [-0.1, -0.05) is 36.4 Å². The first-order valence-electron chi connectivity index (χ1n) is 3.79. The highest BCUT2D eigenvalue weighted by molar-refractivity contribution is 5.53. The molecule has 0 radical (unpaired) electrons. The molecule has 0 unspecified atom stereocenters. The Bertz CT molecular complexity index is 251. The summed E-state index contributed by atoms with van der Waals surface area (Å²) in [5.41, 5.74) is 7.97. The SMILES string of the molecule is CC=Cc1ccccc1CN. The van der Waals surface area contributed by atoms with Gasteiger partial charge in [0, 0.05) is 6.54 Å². The van der Waals surface area contributed by atoms with E-state index in [9.17, 15) is 0 Å². The molecule has 0 fully saturated rings. The molecule has 0 aliphatic heterocycles. The lowest BCUT2D eigenvalue weighted by molar-refractivity contribution is 1.07. The van der Waals surface area contributed by atoms with Gasteiger partial charge in [0.1, 0.15) is 0 Å². The Hall–Kier alpha value is -1.08. The second-order valence-electron chi connectivity index (χ2n) is 2.40. The molecule has 0 atom stereocenters. The van der Waals surface area contributed by atoms with Gasteiger partial charge in [0.2, 0.25) is 0 Å². The van der Waals surface area contributed by atoms with Crippen molar-refractivity contribution in [3.05, 3.63) is 41.5 Å². The number of rotatable bonds is 2. The highest BCUT2D eigenvalue weighted by Crippen LogP contribution is 2.09. The fourth-order valence-electron chi connectivity index (χ4n) is 1.06. The third-order valence-electron chi connectivity index (χ3n) is 1.62. The van der Waals surface area contributed by atoms with E-state index in [1.54, 1.807) is 0 Å². The van der Waals surface area contributed by atoms with E-state index < -0.39 is 0 Å². The van der Waals surface area contributed by atoms with Crippen molar-refractivity contribution in [1.29, 1.82) is 0 Å². The normalized spacial score (nSPS) is 10.7. The molecular formula is C10H13N. The number of hydrogen-bond donors (Lipinski definition) is 1. The van der Waals surface area contributed by atoms with Crippen LogP contribution in [0.3, 0.4) is 0 Å². The molecule has 1 rings (SSSR count). The largest absolute Gasteiger partial charge is 0.326 e. The van der Waals surface area contributed by atoms with Crippen LogP contribution in [0.5, 0.6) is 0 Å². The standard InChI is InChI=1S/C10H13N/c1-2-5-9-6-3-4-7-10(9)8-11/h2-7H,8,11H2,1H3. The molecule has 0 spiro atoms. The van der Waals surface area contributed by atoms with Crippen molar-refractivity contribution in [3.63, 3.8) is 0 Å². The second-order valence-corrected chi connectivity index (χ2v) is 2.40. The monoisotopic (exact) mass is 147 g/mol. The van der Waals surface area contributed by atoms with Crippen LogP contribution < -0.4 is 5.73 Å². The minimum absolute atomic E-state index is 0.612. The fraction of sp³-hybridized carbons (Fsp3) is 0.200. The summed E-state index contributed by atoms with van der Waals surface area (Å²) in [5.74, 6) is 0. The first-order valence-corrected chi connectivity index (χ1v) is 3.79. The zero-order valence-electron chi connectivity index (χ0n) is 6.75. The average Bonchev–Trinajstić information content (AvgIpc) is 2.06. The van der Waals surface area contributed by atoms with E-state index in [1.807, 2.05) is 25.1 Å². The quantitative estimate of drug-likeness (QED) is 0.681. The Balaban J connectivity index is 3.02. The van der Waals surface area contributed by atoms with Gasteiger partial charge in [0.05, 0.1) is 0 Å². The number of hydrogen-bond acceptors (Lipinski definition) is 1. The van der Waals surface area contributed by atoms with Crippen molar-refractivity contribution in [2.24, 2.45) is 5.73 Å². The molecule has 0 heterocycles. The molecule has 1 aromatic carbocycles. The van der Waals surface area contributed by atoms with Crippen LogP contribution in [0.1, 0.15) is 18.1 Å². The predicted molar refractivity (Wildman–Crippen MR) is 49.0 cm³/mol. The van der Waals surface area contributed by atoms with Crippen LogP contribution in [0, 0.1) is 0 Å². The summed E-state index contributed by atoms with van der Waals surface area (Å²) < 4.78 is 0. The summed E-state index contributed by atoms with van der Waals surface area (Å²) in [7, 11) is 0. The highest BCUT2D eigenvalue weighted by atomic mass is 14.5. The van der Waals surface area contributed by atoms with Crippen molar-refractivity contribution in [2.45, 2.75) is 13.5 Å². The fourth-order valence-corrected chi connectivity index (χ4v) is 1.06. The third kappa shape index (κ3) is 1.92. The van der Waals surface area contributed by atoms with Crippen molar-refractivity contribution < 1.29 is 0 Å². The number of allylic oxidation sites excluding steroid dienone is 1. The van der Waals surface area contributed by atoms with E-state index >= 15 is 0 Å². The summed E-state index contributed by atoms with van der Waals surface area (Å²) in [5, 5.41) is 0. The molecule has 11 heavy (non-hydrogen) atoms. The molecule has 0 saturated carbocycles. The third-order valence-corrected chi connectivity index (χ3v) is 1.62. The minimum Gasteiger partial charge on any atom is -0.326 e. The van der Waals surface area contributed by atoms with Gasteiger partial charge in [-0.15, -0.1) is 0 Å². The molecule has 1 aromatic rings. The van der Waals surface area contributed by atoms with Crippen molar-refractivity contribution in [1.82, 2.24) is 0 Å². The van der Waals surface area contributed by atoms with Crippen molar-refractivity contribution in [2.75, 3.05) is 0 Å². The first kappa shape index (κ1) is 8.02. The Morgan fingerprint density at radius 2 is 2.09 bits per heavy atom. The molecule has 1 heteroatoms. The van der Waals surface area contributed by atoms with Crippen LogP contribution in [0.2, 0.25) is 0 Å². The smallest absolute Gasteiger partial charge is 0.0184 e. The van der Waals surface area contributed by atoms with Gasteiger partial charge in [-0.2, -0.15) is 0 Å². The zero-order chi connectivity index (χ0) is 8.10. The summed E-state index contributed by atoms with van der Waals surface area (Å²) >= 11 is 0. The van der Waals surface area contributed by atoms with Gasteiger partial charge < -0.3 is 5.73 Å². The number of nitrogens with two attached hydrogens (primary N) is 1. The van der Waals surface area contributed by atoms with Crippen LogP contribution in [0.15, 0.2) is 30.3 Å². The molecule has 0 saturated heterocycles. The predicted octanol–water partition coefficient (Wildman–Crippen LogP) is 2.18. The maximum atomic E-state index is 5.55. The average molecular weight is 147 g/mol. The molecule has 58 valence electrons. The van der Waals surface area contributed by atoms with E-state index in [1.165, 1.54) is 11.1 Å². The molecule has 1 nitrogen and oxygen atoms in total. The molecule has 0 aromatic heterocycles. The van der Waals surface area contributed by atoms with Gasteiger partial charge in [-0.3, -0.25) is 0 Å². The first-order chi connectivity index (χ1) is 5.38. The lowest BCUT2D eigenvalue weighted by atomic mass is 10.1. The molecule has 0 aliphatic rings. The summed E-state index contributed by atoms with van der Waals surface area (Å²) in [6.07, 6.45) is 4.09. The van der Waals surface area contributed by atoms with E-state index in [0.29, 0.717) is 6.54 Å². The van der Waals surface area contributed by atoms with Crippen molar-refractivity contribution >= 4 is 6.08 Å². The second kappa shape index (κ2) is 3.94. The van der Waals surface area contributed by atoms with Crippen LogP contribution in [-0.2, 0) is 6.54 Å². The molecule has 0 amide bonds. The van der Waals surface area contributed by atoms with Crippen LogP contribution in [0.4, 0.5) is 0 Å². The Labute approximate surface area is 67.5 Å². The lowest BCUT2D eigenvalue weighted by Crippen LogP contribution is -1.97. The van der Waals surface area contributed by atoms with Crippen LogP contribution in [-0.4, -0.2) is 0 Å². The summed E-state index contributed by atoms with van der Waals surface area (Å²) in [6, 6.07) is 8.15. The highest BCUT2D eigenvalue weighted by Gasteiger charge is 1.92. The van der Waals surface area contributed by atoms with Crippen LogP contribution in [0.25, 0.3) is 6.08 Å². The van der Waals surface area contributed by atoms with Gasteiger partial charge in [0.25, 0.3) is 0 Å². The van der Waals surface area contributed by atoms with Gasteiger partial charge in [-0.25, -0.2) is 0 Å². The molecule has 0 aliphatic carbocycles. The van der Waals surface area contributed by atoms with Gasteiger partial charge in [-0.05, 0) is 18.1 Å². The van der Waals surface area contributed by atoms with E-state index in [4.69, 9.17) is 5.73 Å². The Morgan fingerprint density at radius 1 is 1.36 bits per heavy atom. The van der Waals surface area contributed by atoms with E-state index in [-0.39, 0.29) is 0 Å². The number of benzene rings is 1. The summed E-state index contributed by atoms with van der Waals surface area (Å²) in [6.45, 7) is 2.62. The van der Waals surface area contributed by atoms with Gasteiger partial charge in [0.15, 0.2) is 0 Å². The molecular weight excluding hydrogens is 134 g/mol. The van der Waals surface area contributed by atoms with Gasteiger partial charge >= 0.3 is 0 Å². The topological polar surface area (TPSA) is 26.0 Å². The maximum Gasteiger partial charge on any atom is 0.0184 e. The molecule has 2 N–H and O–H groups in total. The van der Waals surface area contributed by atoms with E-state index in [2.05, 4.69) is 18.2 Å². The lowest BCUT2D eigenvalue weighted by Gasteiger charge is -2.00. The zero-order valence-corrected chi connectivity index (χ0v) is 6.75. The Morgan fingerprint density at radius 3 is 2.73 bits per heavy atom. The van der Waals surface area contributed by atoms with Crippen LogP contribution >= 0.6 is 0 Å².